The number of ether oxygens (including phenoxy) is 1. The van der Waals surface area contributed by atoms with Crippen LogP contribution in [0.15, 0.2) is 42.7 Å². The van der Waals surface area contributed by atoms with Crippen LogP contribution in [0.4, 0.5) is 0 Å². The van der Waals surface area contributed by atoms with Crippen molar-refractivity contribution >= 4 is 17.8 Å². The van der Waals surface area contributed by atoms with Crippen LogP contribution in [0.5, 0.6) is 0 Å². The average Bonchev–Trinajstić information content (AvgIpc) is 3.17. The second kappa shape index (κ2) is 9.21. The number of hydrogen-bond donors (Lipinski definition) is 2. The number of nitrogens with zero attached hydrogens (tertiary/aromatic N) is 2. The van der Waals surface area contributed by atoms with Crippen molar-refractivity contribution in [3.05, 3.63) is 48.3 Å². The first kappa shape index (κ1) is 18.2. The van der Waals surface area contributed by atoms with Gasteiger partial charge in [0.05, 0.1) is 17.8 Å². The predicted molar refractivity (Wildman–Crippen MR) is 90.2 cm³/mol. The number of esters is 1. The number of hydrogen-bond acceptors (Lipinski definition) is 5. The highest BCUT2D eigenvalue weighted by Crippen LogP contribution is 2.09. The Hall–Kier alpha value is -3.16. The smallest absolute Gasteiger partial charge is 0.338 e. The SMILES string of the molecule is CCCNC(=O)CNC(=O)COC(=O)c1ccc(-n2cccn2)cc1. The van der Waals surface area contributed by atoms with Crippen LogP contribution in [0.3, 0.4) is 0 Å². The molecule has 1 heterocycles. The molecule has 25 heavy (non-hydrogen) atoms. The lowest BCUT2D eigenvalue weighted by Gasteiger charge is -2.07. The van der Waals surface area contributed by atoms with Crippen molar-refractivity contribution in [1.29, 1.82) is 0 Å². The van der Waals surface area contributed by atoms with E-state index in [9.17, 15) is 14.4 Å². The van der Waals surface area contributed by atoms with Crippen LogP contribution in [-0.2, 0) is 14.3 Å². The molecule has 2 aromatic rings. The summed E-state index contributed by atoms with van der Waals surface area (Å²) in [5.41, 5.74) is 1.13. The standard InChI is InChI=1S/C17H20N4O4/c1-2-8-18-15(22)11-19-16(23)12-25-17(24)13-4-6-14(7-5-13)21-10-3-9-20-21/h3-7,9-10H,2,8,11-12H2,1H3,(H,18,22)(H,19,23). The lowest BCUT2D eigenvalue weighted by atomic mass is 10.2. The molecule has 0 aliphatic carbocycles. The molecule has 0 aliphatic heterocycles. The van der Waals surface area contributed by atoms with Gasteiger partial charge in [-0.3, -0.25) is 9.59 Å². The van der Waals surface area contributed by atoms with E-state index in [1.807, 2.05) is 6.92 Å². The van der Waals surface area contributed by atoms with Gasteiger partial charge in [0.2, 0.25) is 5.91 Å². The third kappa shape index (κ3) is 5.76. The quantitative estimate of drug-likeness (QED) is 0.685. The fraction of sp³-hybridized carbons (Fsp3) is 0.294. The molecular weight excluding hydrogens is 324 g/mol. The Balaban J connectivity index is 1.76. The summed E-state index contributed by atoms with van der Waals surface area (Å²) in [6.07, 6.45) is 4.26. The summed E-state index contributed by atoms with van der Waals surface area (Å²) in [6, 6.07) is 8.43. The Labute approximate surface area is 145 Å². The highest BCUT2D eigenvalue weighted by molar-refractivity contribution is 5.92. The van der Waals surface area contributed by atoms with Gasteiger partial charge >= 0.3 is 5.97 Å². The molecule has 0 fully saturated rings. The minimum absolute atomic E-state index is 0.144. The highest BCUT2D eigenvalue weighted by atomic mass is 16.5. The molecule has 8 nitrogen and oxygen atoms in total. The molecule has 8 heteroatoms. The molecule has 0 unspecified atom stereocenters. The lowest BCUT2D eigenvalue weighted by Crippen LogP contribution is -2.38. The molecule has 0 spiro atoms. The Morgan fingerprint density at radius 1 is 1.12 bits per heavy atom. The summed E-state index contributed by atoms with van der Waals surface area (Å²) in [5.74, 6) is -1.43. The van der Waals surface area contributed by atoms with Crippen molar-refractivity contribution in [3.63, 3.8) is 0 Å². The summed E-state index contributed by atoms with van der Waals surface area (Å²) in [4.78, 5) is 34.9. The molecule has 0 atom stereocenters. The van der Waals surface area contributed by atoms with Gasteiger partial charge in [-0.05, 0) is 36.8 Å². The first-order valence-electron chi connectivity index (χ1n) is 7.90. The van der Waals surface area contributed by atoms with Crippen molar-refractivity contribution in [2.24, 2.45) is 0 Å². The topological polar surface area (TPSA) is 102 Å². The second-order valence-corrected chi connectivity index (χ2v) is 5.20. The first-order chi connectivity index (χ1) is 12.1. The van der Waals surface area contributed by atoms with E-state index in [1.54, 1.807) is 47.4 Å². The molecular formula is C17H20N4O4. The molecule has 0 radical (unpaired) electrons. The predicted octanol–water partition coefficient (Wildman–Crippen LogP) is 0.672. The Morgan fingerprint density at radius 2 is 1.88 bits per heavy atom. The van der Waals surface area contributed by atoms with Gasteiger partial charge in [-0.25, -0.2) is 9.48 Å². The van der Waals surface area contributed by atoms with Crippen molar-refractivity contribution in [2.45, 2.75) is 13.3 Å². The van der Waals surface area contributed by atoms with Gasteiger partial charge in [-0.2, -0.15) is 5.10 Å². The maximum Gasteiger partial charge on any atom is 0.338 e. The summed E-state index contributed by atoms with van der Waals surface area (Å²) < 4.78 is 6.59. The van der Waals surface area contributed by atoms with Gasteiger partial charge in [-0.1, -0.05) is 6.92 Å². The molecule has 0 aliphatic rings. The Kier molecular flexibility index (Phi) is 6.70. The van der Waals surface area contributed by atoms with Gasteiger partial charge in [0.25, 0.3) is 5.91 Å². The molecule has 0 saturated carbocycles. The third-order valence-electron chi connectivity index (χ3n) is 3.22. The maximum atomic E-state index is 11.9. The van der Waals surface area contributed by atoms with E-state index in [1.165, 1.54) is 0 Å². The molecule has 0 saturated heterocycles. The number of aromatic nitrogens is 2. The van der Waals surface area contributed by atoms with Crippen LogP contribution in [0.1, 0.15) is 23.7 Å². The van der Waals surface area contributed by atoms with Gasteiger partial charge in [0.15, 0.2) is 6.61 Å². The van der Waals surface area contributed by atoms with Gasteiger partial charge in [-0.15, -0.1) is 0 Å². The molecule has 2 amide bonds. The Bertz CT molecular complexity index is 711. The average molecular weight is 344 g/mol. The van der Waals surface area contributed by atoms with E-state index in [2.05, 4.69) is 15.7 Å². The molecule has 2 N–H and O–H groups in total. The van der Waals surface area contributed by atoms with Crippen LogP contribution in [0, 0.1) is 0 Å². The van der Waals surface area contributed by atoms with Gasteiger partial charge in [0, 0.05) is 18.9 Å². The third-order valence-corrected chi connectivity index (χ3v) is 3.22. The largest absolute Gasteiger partial charge is 0.452 e. The number of carbonyl (C=O) groups excluding carboxylic acids is 3. The zero-order chi connectivity index (χ0) is 18.1. The summed E-state index contributed by atoms with van der Waals surface area (Å²) in [6.45, 7) is 1.90. The molecule has 2 rings (SSSR count). The Morgan fingerprint density at radius 3 is 2.52 bits per heavy atom. The van der Waals surface area contributed by atoms with Crippen molar-refractivity contribution < 1.29 is 19.1 Å². The maximum absolute atomic E-state index is 11.9. The van der Waals surface area contributed by atoms with Crippen LogP contribution in [-0.4, -0.2) is 47.3 Å². The first-order valence-corrected chi connectivity index (χ1v) is 7.90. The molecule has 1 aromatic carbocycles. The van der Waals surface area contributed by atoms with Crippen molar-refractivity contribution in [1.82, 2.24) is 20.4 Å². The second-order valence-electron chi connectivity index (χ2n) is 5.20. The van der Waals surface area contributed by atoms with Gasteiger partial charge < -0.3 is 15.4 Å². The van der Waals surface area contributed by atoms with E-state index in [4.69, 9.17) is 4.74 Å². The monoisotopic (exact) mass is 344 g/mol. The molecule has 132 valence electrons. The number of benzene rings is 1. The lowest BCUT2D eigenvalue weighted by molar-refractivity contribution is -0.127. The fourth-order valence-electron chi connectivity index (χ4n) is 1.94. The van der Waals surface area contributed by atoms with E-state index in [-0.39, 0.29) is 12.5 Å². The van der Waals surface area contributed by atoms with Crippen LogP contribution < -0.4 is 10.6 Å². The zero-order valence-corrected chi connectivity index (χ0v) is 13.9. The minimum Gasteiger partial charge on any atom is -0.452 e. The van der Waals surface area contributed by atoms with E-state index in [0.29, 0.717) is 12.1 Å². The minimum atomic E-state index is -0.613. The fourth-order valence-corrected chi connectivity index (χ4v) is 1.94. The number of amides is 2. The zero-order valence-electron chi connectivity index (χ0n) is 13.9. The number of carbonyl (C=O) groups is 3. The van der Waals surface area contributed by atoms with E-state index in [0.717, 1.165) is 12.1 Å². The highest BCUT2D eigenvalue weighted by Gasteiger charge is 2.11. The number of rotatable bonds is 8. The molecule has 0 bridgehead atoms. The van der Waals surface area contributed by atoms with Gasteiger partial charge in [0.1, 0.15) is 0 Å². The van der Waals surface area contributed by atoms with E-state index < -0.39 is 18.5 Å². The van der Waals surface area contributed by atoms with E-state index >= 15 is 0 Å². The molecule has 1 aromatic heterocycles. The number of nitrogens with one attached hydrogen (secondary N) is 2. The van der Waals surface area contributed by atoms with Crippen LogP contribution >= 0.6 is 0 Å². The van der Waals surface area contributed by atoms with Crippen LogP contribution in [0.25, 0.3) is 5.69 Å². The van der Waals surface area contributed by atoms with Crippen LogP contribution in [0.2, 0.25) is 0 Å². The van der Waals surface area contributed by atoms with Crippen molar-refractivity contribution in [2.75, 3.05) is 19.7 Å². The van der Waals surface area contributed by atoms with Crippen molar-refractivity contribution in [3.8, 4) is 5.69 Å². The summed E-state index contributed by atoms with van der Waals surface area (Å²) in [5, 5.41) is 9.10. The summed E-state index contributed by atoms with van der Waals surface area (Å²) >= 11 is 0. The summed E-state index contributed by atoms with van der Waals surface area (Å²) in [7, 11) is 0. The normalized spacial score (nSPS) is 10.1.